The molecule has 2 heterocycles. The highest BCUT2D eigenvalue weighted by Gasteiger charge is 2.42. The van der Waals surface area contributed by atoms with Crippen molar-refractivity contribution in [2.24, 2.45) is 11.1 Å². The highest BCUT2D eigenvalue weighted by molar-refractivity contribution is 7.97. The van der Waals surface area contributed by atoms with Gasteiger partial charge < -0.3 is 9.64 Å². The van der Waals surface area contributed by atoms with Crippen LogP contribution in [0.3, 0.4) is 0 Å². The van der Waals surface area contributed by atoms with Gasteiger partial charge in [0.15, 0.2) is 0 Å². The second-order valence-electron chi connectivity index (χ2n) is 8.55. The lowest BCUT2D eigenvalue weighted by Gasteiger charge is -2.33. The lowest BCUT2D eigenvalue weighted by atomic mass is 9.93. The van der Waals surface area contributed by atoms with Gasteiger partial charge in [-0.25, -0.2) is 4.79 Å². The number of ether oxygens (including phenoxy) is 1. The number of carbonyl (C=O) groups is 1. The van der Waals surface area contributed by atoms with Crippen LogP contribution in [-0.4, -0.2) is 38.5 Å². The van der Waals surface area contributed by atoms with Crippen LogP contribution < -0.4 is 5.14 Å². The summed E-state index contributed by atoms with van der Waals surface area (Å²) in [6, 6.07) is 0. The van der Waals surface area contributed by atoms with Gasteiger partial charge in [-0.3, -0.25) is 9.82 Å². The first-order valence-electron chi connectivity index (χ1n) is 8.93. The molecule has 0 radical (unpaired) electrons. The minimum Gasteiger partial charge on any atom is -0.444 e. The van der Waals surface area contributed by atoms with E-state index >= 15 is 0 Å². The van der Waals surface area contributed by atoms with Gasteiger partial charge in [0.25, 0.3) is 0 Å². The number of hydrogen-bond donors (Lipinski definition) is 1. The summed E-state index contributed by atoms with van der Waals surface area (Å²) >= 11 is 1.24. The van der Waals surface area contributed by atoms with Gasteiger partial charge in [-0.1, -0.05) is 0 Å². The van der Waals surface area contributed by atoms with Gasteiger partial charge in [-0.15, -0.1) is 0 Å². The van der Waals surface area contributed by atoms with Crippen LogP contribution in [0.2, 0.25) is 0 Å². The topological polar surface area (TPSA) is 73.4 Å². The van der Waals surface area contributed by atoms with Crippen molar-refractivity contribution in [1.82, 2.24) is 14.7 Å². The van der Waals surface area contributed by atoms with Gasteiger partial charge in [0.2, 0.25) is 0 Å². The molecule has 1 unspecified atom stereocenters. The van der Waals surface area contributed by atoms with Gasteiger partial charge >= 0.3 is 6.09 Å². The van der Waals surface area contributed by atoms with Crippen LogP contribution in [0.1, 0.15) is 59.6 Å². The number of aryl methyl sites for hydroxylation is 1. The number of nitrogens with two attached hydrogens (primary N) is 1. The molecule has 2 rings (SSSR count). The van der Waals surface area contributed by atoms with Crippen molar-refractivity contribution in [2.45, 2.75) is 83.4 Å². The minimum absolute atomic E-state index is 0.155. The molecule has 142 valence electrons. The van der Waals surface area contributed by atoms with Gasteiger partial charge in [-0.2, -0.15) is 5.10 Å². The molecule has 6 nitrogen and oxygen atoms in total. The Morgan fingerprint density at radius 3 is 2.72 bits per heavy atom. The molecule has 1 aliphatic heterocycles. The molecular weight excluding hydrogens is 336 g/mol. The lowest BCUT2D eigenvalue weighted by molar-refractivity contribution is 0.0131. The summed E-state index contributed by atoms with van der Waals surface area (Å²) in [6.45, 7) is 13.7. The van der Waals surface area contributed by atoms with E-state index in [4.69, 9.17) is 9.88 Å². The van der Waals surface area contributed by atoms with Crippen molar-refractivity contribution < 1.29 is 9.53 Å². The van der Waals surface area contributed by atoms with E-state index in [-0.39, 0.29) is 11.6 Å². The Balaban J connectivity index is 1.87. The lowest BCUT2D eigenvalue weighted by Crippen LogP contribution is -2.45. The smallest absolute Gasteiger partial charge is 0.410 e. The van der Waals surface area contributed by atoms with Gasteiger partial charge in [0.1, 0.15) is 5.60 Å². The van der Waals surface area contributed by atoms with Gasteiger partial charge in [0, 0.05) is 18.6 Å². The monoisotopic (exact) mass is 368 g/mol. The SMILES string of the molecule is Cc1c(SN)cnn1CCCC1CN(C(=O)OC(C)(C)C)C(C)(C)C1. The number of nitrogens with zero attached hydrogens (tertiary/aromatic N) is 3. The largest absolute Gasteiger partial charge is 0.444 e. The molecule has 1 fully saturated rings. The zero-order valence-corrected chi connectivity index (χ0v) is 17.2. The van der Waals surface area contributed by atoms with E-state index in [0.717, 1.165) is 42.9 Å². The summed E-state index contributed by atoms with van der Waals surface area (Å²) in [5.74, 6) is 0.502. The maximum atomic E-state index is 12.5. The molecule has 0 aromatic carbocycles. The van der Waals surface area contributed by atoms with E-state index in [0.29, 0.717) is 5.92 Å². The summed E-state index contributed by atoms with van der Waals surface area (Å²) in [6.07, 6.45) is 4.75. The quantitative estimate of drug-likeness (QED) is 0.796. The molecule has 1 aliphatic rings. The molecule has 7 heteroatoms. The predicted octanol–water partition coefficient (Wildman–Crippen LogP) is 3.97. The van der Waals surface area contributed by atoms with Crippen LogP contribution in [0.4, 0.5) is 4.79 Å². The van der Waals surface area contributed by atoms with Crippen molar-refractivity contribution in [2.75, 3.05) is 6.54 Å². The zero-order chi connectivity index (χ0) is 18.8. The number of hydrogen-bond acceptors (Lipinski definition) is 5. The molecule has 0 spiro atoms. The van der Waals surface area contributed by atoms with E-state index in [9.17, 15) is 4.79 Å². The minimum atomic E-state index is -0.457. The standard InChI is InChI=1S/C18H32N4O2S/c1-13-15(25-19)11-20-22(13)9-7-8-14-10-18(5,6)21(12-14)16(23)24-17(2,3)4/h11,14H,7-10,12,19H2,1-6H3. The zero-order valence-electron chi connectivity index (χ0n) is 16.3. The van der Waals surface area contributed by atoms with E-state index in [1.165, 1.54) is 11.9 Å². The van der Waals surface area contributed by atoms with E-state index in [2.05, 4.69) is 18.9 Å². The fourth-order valence-electron chi connectivity index (χ4n) is 3.52. The normalized spacial score (nSPS) is 20.1. The van der Waals surface area contributed by atoms with Gasteiger partial charge in [-0.05, 0) is 78.7 Å². The molecule has 1 atom stereocenters. The number of amides is 1. The third-order valence-corrected chi connectivity index (χ3v) is 5.40. The number of carbonyl (C=O) groups excluding carboxylic acids is 1. The molecule has 0 bridgehead atoms. The Hall–Kier alpha value is -1.21. The number of likely N-dealkylation sites (tertiary alicyclic amines) is 1. The summed E-state index contributed by atoms with van der Waals surface area (Å²) in [5, 5.41) is 10.0. The average molecular weight is 369 g/mol. The molecular formula is C18H32N4O2S. The molecule has 1 saturated heterocycles. The van der Waals surface area contributed by atoms with Crippen molar-refractivity contribution in [3.05, 3.63) is 11.9 Å². The third kappa shape index (κ3) is 5.14. The highest BCUT2D eigenvalue weighted by atomic mass is 32.2. The molecule has 2 N–H and O–H groups in total. The first-order valence-corrected chi connectivity index (χ1v) is 9.81. The highest BCUT2D eigenvalue weighted by Crippen LogP contribution is 2.36. The predicted molar refractivity (Wildman–Crippen MR) is 101 cm³/mol. The summed E-state index contributed by atoms with van der Waals surface area (Å²) < 4.78 is 7.58. The number of rotatable bonds is 5. The van der Waals surface area contributed by atoms with E-state index in [1.807, 2.05) is 43.5 Å². The molecule has 1 aromatic heterocycles. The summed E-state index contributed by atoms with van der Waals surface area (Å²) in [4.78, 5) is 15.4. The van der Waals surface area contributed by atoms with Crippen molar-refractivity contribution in [3.63, 3.8) is 0 Å². The molecule has 1 aromatic rings. The fourth-order valence-corrected chi connectivity index (χ4v) is 3.90. The van der Waals surface area contributed by atoms with E-state index < -0.39 is 5.60 Å². The number of aromatic nitrogens is 2. The maximum Gasteiger partial charge on any atom is 0.410 e. The van der Waals surface area contributed by atoms with Crippen molar-refractivity contribution >= 4 is 18.0 Å². The van der Waals surface area contributed by atoms with Crippen LogP contribution in [0.5, 0.6) is 0 Å². The molecule has 1 amide bonds. The second-order valence-corrected chi connectivity index (χ2v) is 9.23. The molecule has 0 saturated carbocycles. The Labute approximate surface area is 155 Å². The molecule has 0 aliphatic carbocycles. The first kappa shape index (κ1) is 20.1. The second kappa shape index (κ2) is 7.58. The maximum absolute atomic E-state index is 12.5. The van der Waals surface area contributed by atoms with E-state index in [1.54, 1.807) is 0 Å². The first-order chi connectivity index (χ1) is 11.5. The Kier molecular flexibility index (Phi) is 6.09. The van der Waals surface area contributed by atoms with Crippen molar-refractivity contribution in [1.29, 1.82) is 0 Å². The summed E-state index contributed by atoms with van der Waals surface area (Å²) in [7, 11) is 0. The average Bonchev–Trinajstić information content (AvgIpc) is 2.97. The Morgan fingerprint density at radius 1 is 1.48 bits per heavy atom. The van der Waals surface area contributed by atoms with Crippen LogP contribution in [0.15, 0.2) is 11.1 Å². The Bertz CT molecular complexity index is 607. The Morgan fingerprint density at radius 2 is 2.16 bits per heavy atom. The summed E-state index contributed by atoms with van der Waals surface area (Å²) in [5.41, 5.74) is 0.508. The van der Waals surface area contributed by atoms with Crippen molar-refractivity contribution in [3.8, 4) is 0 Å². The third-order valence-electron chi connectivity index (χ3n) is 4.74. The van der Waals surface area contributed by atoms with Crippen LogP contribution >= 0.6 is 11.9 Å². The van der Waals surface area contributed by atoms with Crippen LogP contribution in [-0.2, 0) is 11.3 Å². The van der Waals surface area contributed by atoms with Gasteiger partial charge in [0.05, 0.1) is 16.8 Å². The fraction of sp³-hybridized carbons (Fsp3) is 0.778. The molecule has 25 heavy (non-hydrogen) atoms. The van der Waals surface area contributed by atoms with Crippen LogP contribution in [0.25, 0.3) is 0 Å². The van der Waals surface area contributed by atoms with Crippen LogP contribution in [0, 0.1) is 12.8 Å².